The molecular formula is C14H19FN2O2. The van der Waals surface area contributed by atoms with Crippen LogP contribution in [0, 0.1) is 11.7 Å². The highest BCUT2D eigenvalue weighted by Crippen LogP contribution is 2.28. The molecule has 1 aliphatic rings. The fraction of sp³-hybridized carbons (Fsp3) is 0.500. The number of hydrogen-bond acceptors (Lipinski definition) is 3. The molecule has 0 radical (unpaired) electrons. The molecule has 0 saturated heterocycles. The van der Waals surface area contributed by atoms with Crippen LogP contribution in [0.1, 0.15) is 18.4 Å². The fourth-order valence-electron chi connectivity index (χ4n) is 1.84. The molecule has 1 aromatic carbocycles. The molecule has 2 N–H and O–H groups in total. The highest BCUT2D eigenvalue weighted by molar-refractivity contribution is 5.80. The van der Waals surface area contributed by atoms with Gasteiger partial charge in [-0.2, -0.15) is 0 Å². The van der Waals surface area contributed by atoms with Crippen molar-refractivity contribution in [2.45, 2.75) is 19.4 Å². The molecule has 0 bridgehead atoms. The van der Waals surface area contributed by atoms with E-state index in [-0.39, 0.29) is 23.4 Å². The van der Waals surface area contributed by atoms with Gasteiger partial charge in [-0.1, -0.05) is 12.1 Å². The Labute approximate surface area is 112 Å². The van der Waals surface area contributed by atoms with Crippen molar-refractivity contribution in [1.29, 1.82) is 0 Å². The molecule has 0 atom stereocenters. The van der Waals surface area contributed by atoms with Gasteiger partial charge in [0.1, 0.15) is 0 Å². The number of benzene rings is 1. The van der Waals surface area contributed by atoms with E-state index in [0.717, 1.165) is 12.8 Å². The largest absolute Gasteiger partial charge is 0.494 e. The van der Waals surface area contributed by atoms with Gasteiger partial charge in [0, 0.05) is 31.1 Å². The van der Waals surface area contributed by atoms with Crippen LogP contribution in [0.15, 0.2) is 18.2 Å². The highest BCUT2D eigenvalue weighted by Gasteiger charge is 2.28. The Balaban J connectivity index is 1.69. The topological polar surface area (TPSA) is 50.4 Å². The monoisotopic (exact) mass is 266 g/mol. The molecule has 1 saturated carbocycles. The summed E-state index contributed by atoms with van der Waals surface area (Å²) in [6, 6.07) is 5.07. The second-order valence-electron chi connectivity index (χ2n) is 4.68. The number of methoxy groups -OCH3 is 1. The SMILES string of the molecule is COc1cccc(CNCCNC(=O)C2CC2)c1F. The third kappa shape index (κ3) is 3.92. The normalized spacial score (nSPS) is 14.2. The van der Waals surface area contributed by atoms with Gasteiger partial charge in [-0.05, 0) is 18.9 Å². The van der Waals surface area contributed by atoms with Crippen LogP contribution in [0.5, 0.6) is 5.75 Å². The summed E-state index contributed by atoms with van der Waals surface area (Å²) in [5.74, 6) is 0.283. The molecule has 0 aromatic heterocycles. The summed E-state index contributed by atoms with van der Waals surface area (Å²) in [5.41, 5.74) is 0.563. The van der Waals surface area contributed by atoms with Gasteiger partial charge in [0.15, 0.2) is 11.6 Å². The highest BCUT2D eigenvalue weighted by atomic mass is 19.1. The lowest BCUT2D eigenvalue weighted by Gasteiger charge is -2.09. The number of amides is 1. The Bertz CT molecular complexity index is 447. The van der Waals surface area contributed by atoms with E-state index in [0.29, 0.717) is 25.2 Å². The third-order valence-electron chi connectivity index (χ3n) is 3.13. The van der Waals surface area contributed by atoms with Crippen molar-refractivity contribution in [2.75, 3.05) is 20.2 Å². The summed E-state index contributed by atoms with van der Waals surface area (Å²) in [6.07, 6.45) is 2.02. The van der Waals surface area contributed by atoms with Gasteiger partial charge in [-0.25, -0.2) is 4.39 Å². The molecule has 5 heteroatoms. The van der Waals surface area contributed by atoms with Crippen LogP contribution in [0.25, 0.3) is 0 Å². The van der Waals surface area contributed by atoms with E-state index in [1.807, 2.05) is 0 Å². The van der Waals surface area contributed by atoms with Crippen molar-refractivity contribution in [3.05, 3.63) is 29.6 Å². The minimum atomic E-state index is -0.334. The molecule has 2 rings (SSSR count). The number of ether oxygens (including phenoxy) is 1. The van der Waals surface area contributed by atoms with Crippen molar-refractivity contribution in [3.63, 3.8) is 0 Å². The summed E-state index contributed by atoms with van der Waals surface area (Å²) < 4.78 is 18.7. The standard InChI is InChI=1S/C14H19FN2O2/c1-19-12-4-2-3-11(13(12)15)9-16-7-8-17-14(18)10-5-6-10/h2-4,10,16H,5-9H2,1H3,(H,17,18). The molecule has 19 heavy (non-hydrogen) atoms. The Morgan fingerprint density at radius 3 is 2.89 bits per heavy atom. The van der Waals surface area contributed by atoms with Gasteiger partial charge in [0.05, 0.1) is 7.11 Å². The minimum absolute atomic E-state index is 0.134. The number of carbonyl (C=O) groups excluding carboxylic acids is 1. The molecule has 0 unspecified atom stereocenters. The van der Waals surface area contributed by atoms with Crippen molar-refractivity contribution in [2.24, 2.45) is 5.92 Å². The molecule has 1 fully saturated rings. The molecule has 1 amide bonds. The lowest BCUT2D eigenvalue weighted by Crippen LogP contribution is -2.32. The summed E-state index contributed by atoms with van der Waals surface area (Å²) >= 11 is 0. The van der Waals surface area contributed by atoms with Crippen molar-refractivity contribution in [3.8, 4) is 5.75 Å². The van der Waals surface area contributed by atoms with Crippen molar-refractivity contribution >= 4 is 5.91 Å². The number of carbonyl (C=O) groups is 1. The second kappa shape index (κ2) is 6.52. The smallest absolute Gasteiger partial charge is 0.223 e. The molecule has 1 aromatic rings. The zero-order chi connectivity index (χ0) is 13.7. The van der Waals surface area contributed by atoms with Crippen LogP contribution < -0.4 is 15.4 Å². The quantitative estimate of drug-likeness (QED) is 0.734. The maximum absolute atomic E-state index is 13.8. The van der Waals surface area contributed by atoms with Gasteiger partial charge >= 0.3 is 0 Å². The Morgan fingerprint density at radius 1 is 1.42 bits per heavy atom. The number of halogens is 1. The first-order valence-corrected chi connectivity index (χ1v) is 6.52. The first-order valence-electron chi connectivity index (χ1n) is 6.52. The molecule has 1 aliphatic carbocycles. The minimum Gasteiger partial charge on any atom is -0.494 e. The average Bonchev–Trinajstić information content (AvgIpc) is 3.24. The fourth-order valence-corrected chi connectivity index (χ4v) is 1.84. The Hall–Kier alpha value is -1.62. The lowest BCUT2D eigenvalue weighted by atomic mass is 10.2. The van der Waals surface area contributed by atoms with Crippen molar-refractivity contribution in [1.82, 2.24) is 10.6 Å². The van der Waals surface area contributed by atoms with Crippen LogP contribution in [0.4, 0.5) is 4.39 Å². The summed E-state index contributed by atoms with van der Waals surface area (Å²) in [7, 11) is 1.45. The molecule has 0 heterocycles. The molecule has 4 nitrogen and oxygen atoms in total. The first kappa shape index (κ1) is 13.8. The van der Waals surface area contributed by atoms with Gasteiger partial charge in [-0.3, -0.25) is 4.79 Å². The van der Waals surface area contributed by atoms with E-state index in [4.69, 9.17) is 4.74 Å². The summed E-state index contributed by atoms with van der Waals surface area (Å²) in [6.45, 7) is 1.61. The lowest BCUT2D eigenvalue weighted by molar-refractivity contribution is -0.122. The summed E-state index contributed by atoms with van der Waals surface area (Å²) in [5, 5.41) is 5.95. The second-order valence-corrected chi connectivity index (χ2v) is 4.68. The molecule has 104 valence electrons. The van der Waals surface area contributed by atoms with Crippen LogP contribution in [0.3, 0.4) is 0 Å². The Morgan fingerprint density at radius 2 is 2.21 bits per heavy atom. The van der Waals surface area contributed by atoms with Crippen LogP contribution >= 0.6 is 0 Å². The number of hydrogen-bond donors (Lipinski definition) is 2. The third-order valence-corrected chi connectivity index (χ3v) is 3.13. The summed E-state index contributed by atoms with van der Waals surface area (Å²) in [4.78, 5) is 11.4. The van der Waals surface area contributed by atoms with E-state index >= 15 is 0 Å². The van der Waals surface area contributed by atoms with Crippen LogP contribution in [-0.2, 0) is 11.3 Å². The average molecular weight is 266 g/mol. The van der Waals surface area contributed by atoms with Gasteiger partial charge < -0.3 is 15.4 Å². The molecular weight excluding hydrogens is 247 g/mol. The van der Waals surface area contributed by atoms with E-state index in [1.54, 1.807) is 18.2 Å². The number of rotatable bonds is 7. The zero-order valence-corrected chi connectivity index (χ0v) is 11.0. The van der Waals surface area contributed by atoms with Crippen LogP contribution in [-0.4, -0.2) is 26.1 Å². The van der Waals surface area contributed by atoms with Gasteiger partial charge in [-0.15, -0.1) is 0 Å². The van der Waals surface area contributed by atoms with Gasteiger partial charge in [0.25, 0.3) is 0 Å². The maximum atomic E-state index is 13.8. The predicted octanol–water partition coefficient (Wildman–Crippen LogP) is 1.45. The maximum Gasteiger partial charge on any atom is 0.223 e. The van der Waals surface area contributed by atoms with E-state index < -0.39 is 0 Å². The van der Waals surface area contributed by atoms with Crippen LogP contribution in [0.2, 0.25) is 0 Å². The van der Waals surface area contributed by atoms with E-state index in [2.05, 4.69) is 10.6 Å². The molecule has 0 spiro atoms. The molecule has 0 aliphatic heterocycles. The Kier molecular flexibility index (Phi) is 4.74. The van der Waals surface area contributed by atoms with E-state index in [1.165, 1.54) is 7.11 Å². The van der Waals surface area contributed by atoms with E-state index in [9.17, 15) is 9.18 Å². The number of nitrogens with one attached hydrogen (secondary N) is 2. The zero-order valence-electron chi connectivity index (χ0n) is 11.0. The first-order chi connectivity index (χ1) is 9.22. The predicted molar refractivity (Wildman–Crippen MR) is 70.4 cm³/mol. The van der Waals surface area contributed by atoms with Gasteiger partial charge in [0.2, 0.25) is 5.91 Å². The van der Waals surface area contributed by atoms with Crippen molar-refractivity contribution < 1.29 is 13.9 Å².